The summed E-state index contributed by atoms with van der Waals surface area (Å²) in [5.74, 6) is 2.64. The maximum atomic E-state index is 4.53. The first kappa shape index (κ1) is 17.5. The van der Waals surface area contributed by atoms with E-state index < -0.39 is 0 Å². The molecule has 0 aliphatic carbocycles. The molecule has 0 N–H and O–H groups in total. The molecular formula is C19H22N10. The summed E-state index contributed by atoms with van der Waals surface area (Å²) in [6.07, 6.45) is 5.05. The van der Waals surface area contributed by atoms with E-state index >= 15 is 0 Å². The Morgan fingerprint density at radius 2 is 1.55 bits per heavy atom. The Balaban J connectivity index is 1.36. The summed E-state index contributed by atoms with van der Waals surface area (Å²) in [5.41, 5.74) is 2.88. The average Bonchev–Trinajstić information content (AvgIpc) is 3.30. The van der Waals surface area contributed by atoms with Crippen LogP contribution in [0.5, 0.6) is 0 Å². The molecule has 0 spiro atoms. The number of aryl methyl sites for hydroxylation is 3. The van der Waals surface area contributed by atoms with Gasteiger partial charge in [0.1, 0.15) is 24.3 Å². The third kappa shape index (κ3) is 3.06. The fraction of sp³-hybridized carbons (Fsp3) is 0.368. The Morgan fingerprint density at radius 3 is 2.31 bits per heavy atom. The fourth-order valence-corrected chi connectivity index (χ4v) is 3.84. The molecule has 5 rings (SSSR count). The topological polar surface area (TPSA) is 93.7 Å². The summed E-state index contributed by atoms with van der Waals surface area (Å²) in [4.78, 5) is 22.3. The largest absolute Gasteiger partial charge is 0.353 e. The van der Waals surface area contributed by atoms with Crippen molar-refractivity contribution < 1.29 is 0 Å². The van der Waals surface area contributed by atoms with Gasteiger partial charge in [-0.25, -0.2) is 24.6 Å². The maximum Gasteiger partial charge on any atom is 0.163 e. The van der Waals surface area contributed by atoms with E-state index in [1.165, 1.54) is 0 Å². The van der Waals surface area contributed by atoms with Gasteiger partial charge in [0.15, 0.2) is 11.5 Å². The zero-order chi connectivity index (χ0) is 20.0. The summed E-state index contributed by atoms with van der Waals surface area (Å²) in [5, 5.41) is 9.82. The average molecular weight is 390 g/mol. The number of piperazine rings is 1. The number of fused-ring (bicyclic) bond motifs is 1. The summed E-state index contributed by atoms with van der Waals surface area (Å²) in [6.45, 7) is 7.40. The molecule has 0 bridgehead atoms. The van der Waals surface area contributed by atoms with Gasteiger partial charge in [-0.2, -0.15) is 10.2 Å². The molecule has 29 heavy (non-hydrogen) atoms. The third-order valence-electron chi connectivity index (χ3n) is 5.28. The highest BCUT2D eigenvalue weighted by atomic mass is 15.3. The SMILES string of the molecule is Cc1cc(C)n(-c2cc(N3CCN(c4ncnc5c4cnn5C)CC3)ncn2)n1. The Hall–Kier alpha value is -3.56. The lowest BCUT2D eigenvalue weighted by Crippen LogP contribution is -2.47. The van der Waals surface area contributed by atoms with E-state index in [-0.39, 0.29) is 0 Å². The van der Waals surface area contributed by atoms with E-state index in [0.29, 0.717) is 0 Å². The zero-order valence-electron chi connectivity index (χ0n) is 16.7. The molecule has 10 heteroatoms. The van der Waals surface area contributed by atoms with Gasteiger partial charge in [-0.15, -0.1) is 0 Å². The van der Waals surface area contributed by atoms with Gasteiger partial charge in [0, 0.05) is 45.0 Å². The monoisotopic (exact) mass is 390 g/mol. The van der Waals surface area contributed by atoms with Gasteiger partial charge < -0.3 is 9.80 Å². The van der Waals surface area contributed by atoms with Crippen LogP contribution in [0.4, 0.5) is 11.6 Å². The lowest BCUT2D eigenvalue weighted by Gasteiger charge is -2.36. The van der Waals surface area contributed by atoms with Crippen LogP contribution in [0.3, 0.4) is 0 Å². The molecule has 4 aromatic heterocycles. The lowest BCUT2D eigenvalue weighted by atomic mass is 10.2. The van der Waals surface area contributed by atoms with Crippen LogP contribution in [0.2, 0.25) is 0 Å². The predicted octanol–water partition coefficient (Wildman–Crippen LogP) is 1.28. The van der Waals surface area contributed by atoms with Gasteiger partial charge in [0.05, 0.1) is 17.3 Å². The molecule has 4 aromatic rings. The zero-order valence-corrected chi connectivity index (χ0v) is 16.7. The number of aromatic nitrogens is 8. The second kappa shape index (κ2) is 6.80. The summed E-state index contributed by atoms with van der Waals surface area (Å²) in [6, 6.07) is 4.04. The van der Waals surface area contributed by atoms with Gasteiger partial charge in [-0.05, 0) is 19.9 Å². The van der Waals surface area contributed by atoms with Gasteiger partial charge >= 0.3 is 0 Å². The van der Waals surface area contributed by atoms with Crippen LogP contribution in [-0.4, -0.2) is 65.7 Å². The van der Waals surface area contributed by atoms with Crippen molar-refractivity contribution in [3.63, 3.8) is 0 Å². The molecule has 10 nitrogen and oxygen atoms in total. The lowest BCUT2D eigenvalue weighted by molar-refractivity contribution is 0.641. The van der Waals surface area contributed by atoms with Crippen molar-refractivity contribution in [1.29, 1.82) is 0 Å². The van der Waals surface area contributed by atoms with E-state index in [2.05, 4.69) is 39.9 Å². The van der Waals surface area contributed by atoms with Crippen molar-refractivity contribution in [3.8, 4) is 5.82 Å². The first-order valence-electron chi connectivity index (χ1n) is 9.58. The van der Waals surface area contributed by atoms with Crippen molar-refractivity contribution >= 4 is 22.7 Å². The first-order valence-corrected chi connectivity index (χ1v) is 9.58. The van der Waals surface area contributed by atoms with Crippen LogP contribution < -0.4 is 9.80 Å². The summed E-state index contributed by atoms with van der Waals surface area (Å²) >= 11 is 0. The number of nitrogens with zero attached hydrogens (tertiary/aromatic N) is 10. The van der Waals surface area contributed by atoms with Crippen LogP contribution in [0, 0.1) is 13.8 Å². The summed E-state index contributed by atoms with van der Waals surface area (Å²) < 4.78 is 3.63. The van der Waals surface area contributed by atoms with Crippen LogP contribution >= 0.6 is 0 Å². The van der Waals surface area contributed by atoms with Gasteiger partial charge in [-0.1, -0.05) is 0 Å². The highest BCUT2D eigenvalue weighted by Gasteiger charge is 2.22. The van der Waals surface area contributed by atoms with E-state index in [4.69, 9.17) is 0 Å². The number of hydrogen-bond acceptors (Lipinski definition) is 8. The number of hydrogen-bond donors (Lipinski definition) is 0. The smallest absolute Gasteiger partial charge is 0.163 e. The molecule has 0 saturated carbocycles. The quantitative estimate of drug-likeness (QED) is 0.516. The minimum Gasteiger partial charge on any atom is -0.353 e. The maximum absolute atomic E-state index is 4.53. The molecule has 0 atom stereocenters. The van der Waals surface area contributed by atoms with Crippen molar-refractivity contribution in [3.05, 3.63) is 42.4 Å². The standard InChI is InChI=1S/C19H22N10/c1-13-8-14(2)29(25-13)17-9-16(20-11-21-17)27-4-6-28(7-5-27)19-15-10-24-26(3)18(15)22-12-23-19/h8-12H,4-7H2,1-3H3. The number of rotatable bonds is 3. The molecule has 0 radical (unpaired) electrons. The third-order valence-corrected chi connectivity index (χ3v) is 5.28. The second-order valence-corrected chi connectivity index (χ2v) is 7.25. The Bertz CT molecular complexity index is 1170. The molecule has 0 aromatic carbocycles. The van der Waals surface area contributed by atoms with Gasteiger partial charge in [-0.3, -0.25) is 4.68 Å². The van der Waals surface area contributed by atoms with E-state index in [9.17, 15) is 0 Å². The first-order chi connectivity index (χ1) is 14.1. The molecule has 0 unspecified atom stereocenters. The number of anilines is 2. The minimum atomic E-state index is 0.788. The van der Waals surface area contributed by atoms with Crippen molar-refractivity contribution in [2.24, 2.45) is 7.05 Å². The molecule has 0 amide bonds. The van der Waals surface area contributed by atoms with E-state index in [1.807, 2.05) is 43.9 Å². The summed E-state index contributed by atoms with van der Waals surface area (Å²) in [7, 11) is 1.90. The molecule has 1 saturated heterocycles. The molecule has 1 aliphatic rings. The van der Waals surface area contributed by atoms with Crippen molar-refractivity contribution in [2.45, 2.75) is 13.8 Å². The molecule has 1 aliphatic heterocycles. The Kier molecular flexibility index (Phi) is 4.11. The predicted molar refractivity (Wildman–Crippen MR) is 109 cm³/mol. The second-order valence-electron chi connectivity index (χ2n) is 7.25. The molecule has 1 fully saturated rings. The highest BCUT2D eigenvalue weighted by molar-refractivity contribution is 5.86. The fourth-order valence-electron chi connectivity index (χ4n) is 3.84. The van der Waals surface area contributed by atoms with Crippen LogP contribution in [0.15, 0.2) is 31.0 Å². The molecular weight excluding hydrogens is 368 g/mol. The normalized spacial score (nSPS) is 14.7. The van der Waals surface area contributed by atoms with Gasteiger partial charge in [0.2, 0.25) is 0 Å². The van der Waals surface area contributed by atoms with Gasteiger partial charge in [0.25, 0.3) is 0 Å². The van der Waals surface area contributed by atoms with Crippen molar-refractivity contribution in [2.75, 3.05) is 36.0 Å². The van der Waals surface area contributed by atoms with Crippen LogP contribution in [0.25, 0.3) is 16.9 Å². The van der Waals surface area contributed by atoms with Crippen LogP contribution in [0.1, 0.15) is 11.4 Å². The van der Waals surface area contributed by atoms with Crippen molar-refractivity contribution in [1.82, 2.24) is 39.5 Å². The minimum absolute atomic E-state index is 0.788. The Labute approximate surface area is 167 Å². The molecule has 148 valence electrons. The Morgan fingerprint density at radius 1 is 0.828 bits per heavy atom. The van der Waals surface area contributed by atoms with Crippen LogP contribution in [-0.2, 0) is 7.05 Å². The molecule has 5 heterocycles. The highest BCUT2D eigenvalue weighted by Crippen LogP contribution is 2.24. The van der Waals surface area contributed by atoms with E-state index in [0.717, 1.165) is 66.1 Å². The van der Waals surface area contributed by atoms with E-state index in [1.54, 1.807) is 17.3 Å².